The van der Waals surface area contributed by atoms with Gasteiger partial charge < -0.3 is 4.42 Å². The van der Waals surface area contributed by atoms with E-state index < -0.39 is 14.9 Å². The Labute approximate surface area is 182 Å². The minimum absolute atomic E-state index is 0.0197. The lowest BCUT2D eigenvalue weighted by atomic mass is 10.2. The fraction of sp³-hybridized carbons (Fsp3) is 0.316. The van der Waals surface area contributed by atoms with Crippen molar-refractivity contribution in [2.24, 2.45) is 0 Å². The Hall–Kier alpha value is -2.83. The number of hydrogen-bond donors (Lipinski definition) is 0. The van der Waals surface area contributed by atoms with E-state index >= 15 is 0 Å². The molecule has 12 heteroatoms. The summed E-state index contributed by atoms with van der Waals surface area (Å²) in [7, 11) is -3.49. The lowest BCUT2D eigenvalue weighted by Crippen LogP contribution is -2.27. The maximum atomic E-state index is 12.6. The Morgan fingerprint density at radius 2 is 1.84 bits per heavy atom. The summed E-state index contributed by atoms with van der Waals surface area (Å²) in [5, 5.41) is 19.2. The van der Waals surface area contributed by atoms with Crippen LogP contribution >= 0.6 is 11.8 Å². The van der Waals surface area contributed by atoms with Crippen LogP contribution in [0.4, 0.5) is 5.69 Å². The molecule has 0 saturated carbocycles. The predicted octanol–water partition coefficient (Wildman–Crippen LogP) is 3.68. The first kappa shape index (κ1) is 21.4. The van der Waals surface area contributed by atoms with Crippen LogP contribution in [0.3, 0.4) is 0 Å². The van der Waals surface area contributed by atoms with E-state index in [0.717, 1.165) is 12.8 Å². The first-order valence-electron chi connectivity index (χ1n) is 9.56. The summed E-state index contributed by atoms with van der Waals surface area (Å²) < 4.78 is 32.4. The number of rotatable bonds is 7. The van der Waals surface area contributed by atoms with E-state index in [4.69, 9.17) is 4.42 Å². The molecule has 162 valence electrons. The topological polar surface area (TPSA) is 132 Å². The molecule has 0 spiro atoms. The molecule has 1 atom stereocenters. The standard InChI is InChI=1S/C19H19N5O5S2/c1-13(18-21-22-19(29-18)14-4-6-15(7-5-14)24(25)26)30-17-9-8-16(12-20-17)31(27,28)23-10-2-3-11-23/h4-9,12-13H,2-3,10-11H2,1H3. The summed E-state index contributed by atoms with van der Waals surface area (Å²) in [4.78, 5) is 14.8. The van der Waals surface area contributed by atoms with Crippen LogP contribution in [0, 0.1) is 10.1 Å². The van der Waals surface area contributed by atoms with Crippen molar-refractivity contribution in [3.05, 3.63) is 58.6 Å². The van der Waals surface area contributed by atoms with Gasteiger partial charge in [0.05, 0.1) is 15.2 Å². The summed E-state index contributed by atoms with van der Waals surface area (Å²) >= 11 is 1.36. The van der Waals surface area contributed by atoms with Crippen LogP contribution in [-0.4, -0.2) is 45.9 Å². The summed E-state index contributed by atoms with van der Waals surface area (Å²) in [5.74, 6) is 0.631. The Morgan fingerprint density at radius 1 is 1.13 bits per heavy atom. The van der Waals surface area contributed by atoms with Crippen molar-refractivity contribution in [2.75, 3.05) is 13.1 Å². The van der Waals surface area contributed by atoms with Gasteiger partial charge >= 0.3 is 0 Å². The van der Waals surface area contributed by atoms with Crippen LogP contribution in [0.15, 0.2) is 56.9 Å². The van der Waals surface area contributed by atoms with Crippen LogP contribution in [-0.2, 0) is 10.0 Å². The van der Waals surface area contributed by atoms with E-state index in [1.165, 1.54) is 34.4 Å². The summed E-state index contributed by atoms with van der Waals surface area (Å²) in [6.45, 7) is 2.96. The number of hydrogen-bond acceptors (Lipinski definition) is 9. The van der Waals surface area contributed by atoms with Crippen molar-refractivity contribution in [1.29, 1.82) is 0 Å². The molecular formula is C19H19N5O5S2. The largest absolute Gasteiger partial charge is 0.419 e. The highest BCUT2D eigenvalue weighted by atomic mass is 32.2. The van der Waals surface area contributed by atoms with Gasteiger partial charge in [-0.15, -0.1) is 10.2 Å². The fourth-order valence-electron chi connectivity index (χ4n) is 3.14. The smallest absolute Gasteiger partial charge is 0.269 e. The van der Waals surface area contributed by atoms with Gasteiger partial charge in [-0.2, -0.15) is 4.31 Å². The summed E-state index contributed by atoms with van der Waals surface area (Å²) in [6, 6.07) is 9.07. The zero-order chi connectivity index (χ0) is 22.0. The van der Waals surface area contributed by atoms with Gasteiger partial charge in [0.1, 0.15) is 4.90 Å². The molecule has 0 N–H and O–H groups in total. The van der Waals surface area contributed by atoms with E-state index in [9.17, 15) is 18.5 Å². The minimum Gasteiger partial charge on any atom is -0.419 e. The van der Waals surface area contributed by atoms with Gasteiger partial charge in [-0.25, -0.2) is 13.4 Å². The second-order valence-corrected chi connectivity index (χ2v) is 10.3. The number of pyridine rings is 1. The second kappa shape index (κ2) is 8.73. The molecule has 0 amide bonds. The Bertz CT molecular complexity index is 1170. The van der Waals surface area contributed by atoms with Gasteiger partial charge in [0.25, 0.3) is 5.69 Å². The number of thioether (sulfide) groups is 1. The van der Waals surface area contributed by atoms with Crippen LogP contribution < -0.4 is 0 Å². The number of benzene rings is 1. The number of non-ortho nitro benzene ring substituents is 1. The van der Waals surface area contributed by atoms with Gasteiger partial charge in [0.15, 0.2) is 0 Å². The molecule has 1 aromatic carbocycles. The predicted molar refractivity (Wildman–Crippen MR) is 113 cm³/mol. The van der Waals surface area contributed by atoms with E-state index in [-0.39, 0.29) is 21.7 Å². The molecule has 10 nitrogen and oxygen atoms in total. The monoisotopic (exact) mass is 461 g/mol. The van der Waals surface area contributed by atoms with Gasteiger partial charge in [-0.1, -0.05) is 11.8 Å². The second-order valence-electron chi connectivity index (χ2n) is 6.95. The van der Waals surface area contributed by atoms with Crippen molar-refractivity contribution in [3.8, 4) is 11.5 Å². The van der Waals surface area contributed by atoms with Crippen LogP contribution in [0.1, 0.15) is 30.9 Å². The Morgan fingerprint density at radius 3 is 2.45 bits per heavy atom. The molecule has 3 aromatic rings. The third-order valence-corrected chi connectivity index (χ3v) is 7.74. The lowest BCUT2D eigenvalue weighted by molar-refractivity contribution is -0.384. The summed E-state index contributed by atoms with van der Waals surface area (Å²) in [5.41, 5.74) is 0.560. The molecule has 0 bridgehead atoms. The maximum absolute atomic E-state index is 12.6. The zero-order valence-corrected chi connectivity index (χ0v) is 18.2. The molecule has 0 aliphatic carbocycles. The first-order chi connectivity index (χ1) is 14.8. The Kier molecular flexibility index (Phi) is 6.03. The third-order valence-electron chi connectivity index (χ3n) is 4.82. The molecule has 3 heterocycles. The van der Waals surface area contributed by atoms with E-state index in [1.807, 2.05) is 6.92 Å². The molecule has 1 fully saturated rings. The highest BCUT2D eigenvalue weighted by Crippen LogP contribution is 2.34. The quantitative estimate of drug-likeness (QED) is 0.293. The average molecular weight is 462 g/mol. The van der Waals surface area contributed by atoms with Gasteiger partial charge in [-0.05, 0) is 44.0 Å². The van der Waals surface area contributed by atoms with E-state index in [2.05, 4.69) is 15.2 Å². The minimum atomic E-state index is -3.49. The number of nitrogens with zero attached hydrogens (tertiary/aromatic N) is 5. The molecular weight excluding hydrogens is 442 g/mol. The molecule has 1 aliphatic heterocycles. The van der Waals surface area contributed by atoms with Crippen LogP contribution in [0.2, 0.25) is 0 Å². The number of sulfonamides is 1. The number of nitro groups is 1. The van der Waals surface area contributed by atoms with Gasteiger partial charge in [0, 0.05) is 37.0 Å². The molecule has 2 aromatic heterocycles. The Balaban J connectivity index is 1.44. The van der Waals surface area contributed by atoms with Gasteiger partial charge in [-0.3, -0.25) is 10.1 Å². The lowest BCUT2D eigenvalue weighted by Gasteiger charge is -2.15. The SMILES string of the molecule is CC(Sc1ccc(S(=O)(=O)N2CCCC2)cn1)c1nnc(-c2ccc([N+](=O)[O-])cc2)o1. The van der Waals surface area contributed by atoms with Gasteiger partial charge in [0.2, 0.25) is 21.8 Å². The van der Waals surface area contributed by atoms with Crippen molar-refractivity contribution in [1.82, 2.24) is 19.5 Å². The number of nitro benzene ring substituents is 1. The highest BCUT2D eigenvalue weighted by Gasteiger charge is 2.27. The molecule has 1 aliphatic rings. The van der Waals surface area contributed by atoms with E-state index in [0.29, 0.717) is 29.6 Å². The first-order valence-corrected chi connectivity index (χ1v) is 11.9. The van der Waals surface area contributed by atoms with Crippen LogP contribution in [0.5, 0.6) is 0 Å². The third kappa shape index (κ3) is 4.60. The molecule has 1 unspecified atom stereocenters. The fourth-order valence-corrected chi connectivity index (χ4v) is 5.42. The zero-order valence-electron chi connectivity index (χ0n) is 16.5. The maximum Gasteiger partial charge on any atom is 0.269 e. The highest BCUT2D eigenvalue weighted by molar-refractivity contribution is 7.99. The molecule has 1 saturated heterocycles. The molecule has 4 rings (SSSR count). The van der Waals surface area contributed by atoms with Crippen molar-refractivity contribution >= 4 is 27.5 Å². The number of aromatic nitrogens is 3. The van der Waals surface area contributed by atoms with Crippen molar-refractivity contribution < 1.29 is 17.8 Å². The molecule has 0 radical (unpaired) electrons. The van der Waals surface area contributed by atoms with Crippen LogP contribution in [0.25, 0.3) is 11.5 Å². The normalized spacial score (nSPS) is 15.8. The molecule has 31 heavy (non-hydrogen) atoms. The van der Waals surface area contributed by atoms with Crippen molar-refractivity contribution in [2.45, 2.75) is 34.9 Å². The van der Waals surface area contributed by atoms with Crippen molar-refractivity contribution in [3.63, 3.8) is 0 Å². The summed E-state index contributed by atoms with van der Waals surface area (Å²) in [6.07, 6.45) is 3.13. The van der Waals surface area contributed by atoms with E-state index in [1.54, 1.807) is 24.3 Å². The average Bonchev–Trinajstić information content (AvgIpc) is 3.47.